The van der Waals surface area contributed by atoms with Gasteiger partial charge >= 0.3 is 0 Å². The highest BCUT2D eigenvalue weighted by atomic mass is 31.2. The molecule has 4 aliphatic carbocycles. The number of nitrogens with one attached hydrogen (secondary N) is 1. The first kappa shape index (κ1) is 64.4. The number of likely N-dealkylation sites (tertiary alicyclic amines) is 1. The molecule has 4 fully saturated rings. The predicted molar refractivity (Wildman–Crippen MR) is 333 cm³/mol. The summed E-state index contributed by atoms with van der Waals surface area (Å²) in [5, 5.41) is 3.10. The number of amides is 2. The van der Waals surface area contributed by atoms with E-state index in [4.69, 9.17) is 29.8 Å². The standard InChI is InChI=1S/C70H101N4O8P/c1-48(2)20-19-21-51(7)61-35-36-62-59-34-29-55-44-58(37-39-68(55,8)63(59)38-40-69(61,62)9)80-47-65(75)72-41-18-14-17-24-66(76)73-45-60(64(46-73)82-83(81-43-42-71-10)74(49(3)4)50(5)6)67(77)70(52-22-15-13-16-23-52,53-25-30-56(78-11)31-26-53)54-27-32-57(79-12)33-28-54/h13,15-16,22-23,25-33,48-51,58-64H,14,17-21,24,34-47H2,1-9,11-12H3,(H,72,75)/t51-,58+,59?,60?,61-,62?,63?,64?,68+,69-,83?/m1/s1. The molecule has 1 aliphatic heterocycles. The molecule has 13 heteroatoms. The Balaban J connectivity index is 0.883. The smallest absolute Gasteiger partial charge is 0.259 e. The van der Waals surface area contributed by atoms with Gasteiger partial charge in [0.1, 0.15) is 30.1 Å². The van der Waals surface area contributed by atoms with Gasteiger partial charge in [0.25, 0.3) is 8.53 Å². The lowest BCUT2D eigenvalue weighted by Crippen LogP contribution is -2.51. The van der Waals surface area contributed by atoms with Gasteiger partial charge < -0.3 is 38.3 Å². The van der Waals surface area contributed by atoms with E-state index in [0.717, 1.165) is 84.3 Å². The van der Waals surface area contributed by atoms with Crippen molar-refractivity contribution in [1.82, 2.24) is 14.9 Å². The third kappa shape index (κ3) is 14.5. The molecule has 1 saturated heterocycles. The lowest BCUT2D eigenvalue weighted by atomic mass is 9.47. The van der Waals surface area contributed by atoms with Crippen LogP contribution in [0, 0.1) is 58.8 Å². The van der Waals surface area contributed by atoms with Crippen LogP contribution in [0.1, 0.15) is 175 Å². The Kier molecular flexibility index (Phi) is 22.6. The van der Waals surface area contributed by atoms with Crippen LogP contribution in [0.15, 0.2) is 90.5 Å². The van der Waals surface area contributed by atoms with Gasteiger partial charge in [-0.05, 0) is 179 Å². The van der Waals surface area contributed by atoms with E-state index in [-0.39, 0.29) is 74.0 Å². The van der Waals surface area contributed by atoms with Crippen LogP contribution >= 0.6 is 8.53 Å². The summed E-state index contributed by atoms with van der Waals surface area (Å²) >= 11 is 0. The van der Waals surface area contributed by atoms with Crippen molar-refractivity contribution < 1.29 is 37.6 Å². The first-order chi connectivity index (χ1) is 39.9. The molecule has 0 radical (unpaired) electrons. The highest BCUT2D eigenvalue weighted by Crippen LogP contribution is 2.67. The number of ketones is 1. The molecule has 6 unspecified atom stereocenters. The van der Waals surface area contributed by atoms with Crippen LogP contribution in [0.3, 0.4) is 0 Å². The molecule has 5 aliphatic rings. The molecule has 12 nitrogen and oxygen atoms in total. The van der Waals surface area contributed by atoms with Crippen molar-refractivity contribution in [2.45, 2.75) is 188 Å². The summed E-state index contributed by atoms with van der Waals surface area (Å²) in [4.78, 5) is 49.4. The summed E-state index contributed by atoms with van der Waals surface area (Å²) in [7, 11) is 1.50. The second-order valence-electron chi connectivity index (χ2n) is 26.6. The van der Waals surface area contributed by atoms with Crippen LogP contribution in [0.4, 0.5) is 0 Å². The van der Waals surface area contributed by atoms with Gasteiger partial charge in [-0.1, -0.05) is 127 Å². The molecular weight excluding hydrogens is 1060 g/mol. The zero-order valence-electron chi connectivity index (χ0n) is 52.3. The Morgan fingerprint density at radius 1 is 0.783 bits per heavy atom. The Labute approximate surface area is 500 Å². The maximum atomic E-state index is 16.4. The molecule has 3 aromatic carbocycles. The van der Waals surface area contributed by atoms with Crippen molar-refractivity contribution in [2.24, 2.45) is 52.3 Å². The van der Waals surface area contributed by atoms with Crippen LogP contribution in [0.5, 0.6) is 11.5 Å². The van der Waals surface area contributed by atoms with Crippen molar-refractivity contribution in [3.63, 3.8) is 0 Å². The van der Waals surface area contributed by atoms with Crippen LogP contribution in [0.2, 0.25) is 0 Å². The van der Waals surface area contributed by atoms with Crippen molar-refractivity contribution in [2.75, 3.05) is 53.6 Å². The summed E-state index contributed by atoms with van der Waals surface area (Å²) in [6.07, 6.45) is 18.3. The van der Waals surface area contributed by atoms with Gasteiger partial charge in [0.2, 0.25) is 18.4 Å². The fourth-order valence-corrected chi connectivity index (χ4v) is 18.1. The normalized spacial score (nSPS) is 26.7. The molecule has 0 spiro atoms. The average molecular weight is 1160 g/mol. The van der Waals surface area contributed by atoms with E-state index in [0.29, 0.717) is 36.3 Å². The molecule has 0 aromatic heterocycles. The van der Waals surface area contributed by atoms with Crippen LogP contribution in [-0.2, 0) is 33.6 Å². The SMILES string of the molecule is [C-]#[N+]CCOP(OC1CN(C(=O)CCCCCNC(=O)CO[C@H]2CC[C@@]3(C)C(=CCC4C3CC[C@@]3(C)C4CC[C@@H]3[C@H](C)CCCC(C)C)C2)CC1C(=O)C(c1ccccc1)(c1ccc(OC)cc1)c1ccc(OC)cc1)N(C(C)C)C(C)C. The van der Waals surface area contributed by atoms with E-state index in [2.05, 4.69) is 83.2 Å². The van der Waals surface area contributed by atoms with E-state index in [1.165, 1.54) is 51.4 Å². The number of carbonyl (C=O) groups excluding carboxylic acids is 3. The monoisotopic (exact) mass is 1160 g/mol. The molecule has 83 heavy (non-hydrogen) atoms. The number of fused-ring (bicyclic) bond motifs is 5. The van der Waals surface area contributed by atoms with E-state index in [9.17, 15) is 9.59 Å². The zero-order valence-corrected chi connectivity index (χ0v) is 53.2. The molecule has 454 valence electrons. The maximum Gasteiger partial charge on any atom is 0.259 e. The molecule has 1 heterocycles. The number of ether oxygens (including phenoxy) is 3. The van der Waals surface area contributed by atoms with Crippen molar-refractivity contribution >= 4 is 26.1 Å². The maximum absolute atomic E-state index is 16.4. The molecular formula is C70H101N4O8P. The van der Waals surface area contributed by atoms with Gasteiger partial charge in [0, 0.05) is 38.1 Å². The summed E-state index contributed by atoms with van der Waals surface area (Å²) in [6, 6.07) is 25.2. The lowest BCUT2D eigenvalue weighted by molar-refractivity contribution is -0.131. The van der Waals surface area contributed by atoms with Gasteiger partial charge in [0.05, 0.1) is 32.3 Å². The Morgan fingerprint density at radius 3 is 2.07 bits per heavy atom. The number of methoxy groups -OCH3 is 2. The van der Waals surface area contributed by atoms with E-state index < -0.39 is 26.0 Å². The molecule has 8 rings (SSSR count). The summed E-state index contributed by atoms with van der Waals surface area (Å²) in [5.41, 5.74) is 3.26. The van der Waals surface area contributed by atoms with Crippen LogP contribution in [-0.4, -0.2) is 105 Å². The number of benzene rings is 3. The molecule has 1 N–H and O–H groups in total. The number of nitrogens with zero attached hydrogens (tertiary/aromatic N) is 3. The average Bonchev–Trinajstić information content (AvgIpc) is 2.08. The molecule has 2 amide bonds. The Hall–Kier alpha value is -4.63. The lowest BCUT2D eigenvalue weighted by Gasteiger charge is -2.58. The molecule has 0 bridgehead atoms. The van der Waals surface area contributed by atoms with Crippen molar-refractivity contribution in [1.29, 1.82) is 0 Å². The summed E-state index contributed by atoms with van der Waals surface area (Å²) < 4.78 is 33.3. The molecule has 11 atom stereocenters. The summed E-state index contributed by atoms with van der Waals surface area (Å²) in [5.74, 6) is 5.18. The van der Waals surface area contributed by atoms with E-state index in [1.807, 2.05) is 78.9 Å². The number of allylic oxidation sites excluding steroid dienone is 1. The van der Waals surface area contributed by atoms with Gasteiger partial charge in [-0.2, -0.15) is 0 Å². The number of unbranched alkanes of at least 4 members (excludes halogenated alkanes) is 2. The predicted octanol–water partition coefficient (Wildman–Crippen LogP) is 14.8. The zero-order chi connectivity index (χ0) is 59.5. The summed E-state index contributed by atoms with van der Waals surface area (Å²) in [6.45, 7) is 29.7. The highest BCUT2D eigenvalue weighted by molar-refractivity contribution is 7.44. The fraction of sp³-hybridized carbons (Fsp3) is 0.657. The second-order valence-corrected chi connectivity index (χ2v) is 28.0. The van der Waals surface area contributed by atoms with E-state index >= 15 is 4.79 Å². The molecule has 3 saturated carbocycles. The fourth-order valence-electron chi connectivity index (χ4n) is 16.3. The van der Waals surface area contributed by atoms with Crippen molar-refractivity contribution in [3.05, 3.63) is 119 Å². The number of hydrogen-bond acceptors (Lipinski definition) is 9. The second kappa shape index (κ2) is 29.2. The Morgan fingerprint density at radius 2 is 1.45 bits per heavy atom. The minimum absolute atomic E-state index is 0.0325. The van der Waals surface area contributed by atoms with Gasteiger partial charge in [-0.3, -0.25) is 14.4 Å². The van der Waals surface area contributed by atoms with Gasteiger partial charge in [-0.25, -0.2) is 11.2 Å². The third-order valence-corrected chi connectivity index (χ3v) is 22.7. The van der Waals surface area contributed by atoms with Gasteiger partial charge in [0.15, 0.2) is 5.78 Å². The quantitative estimate of drug-likeness (QED) is 0.0238. The Bertz CT molecular complexity index is 2600. The number of hydrogen-bond donors (Lipinski definition) is 1. The number of Topliss-reactive ketones (excluding diaryl/α,β-unsaturated/α-hetero) is 1. The minimum Gasteiger partial charge on any atom is -0.497 e. The third-order valence-electron chi connectivity index (χ3n) is 20.6. The minimum atomic E-state index is -1.75. The molecule has 3 aromatic rings. The van der Waals surface area contributed by atoms with Gasteiger partial charge in [-0.15, -0.1) is 0 Å². The first-order valence-corrected chi connectivity index (χ1v) is 33.0. The topological polar surface area (TPSA) is 120 Å². The first-order valence-electron chi connectivity index (χ1n) is 31.8. The largest absolute Gasteiger partial charge is 0.497 e. The highest BCUT2D eigenvalue weighted by Gasteiger charge is 2.59. The number of rotatable bonds is 29. The number of carbonyl (C=O) groups is 3. The van der Waals surface area contributed by atoms with Crippen molar-refractivity contribution in [3.8, 4) is 11.5 Å². The van der Waals surface area contributed by atoms with Crippen LogP contribution in [0.25, 0.3) is 4.85 Å². The van der Waals surface area contributed by atoms with Crippen LogP contribution < -0.4 is 14.8 Å². The van der Waals surface area contributed by atoms with E-state index in [1.54, 1.807) is 24.7 Å².